The molecule has 0 heterocycles. The third-order valence-corrected chi connectivity index (χ3v) is 10.3. The van der Waals surface area contributed by atoms with Gasteiger partial charge in [-0.25, -0.2) is 21.1 Å². The lowest BCUT2D eigenvalue weighted by Crippen LogP contribution is -2.51. The molecule has 38 heavy (non-hydrogen) atoms. The number of carbonyl (C=O) groups excluding carboxylic acids is 1. The lowest BCUT2D eigenvalue weighted by atomic mass is 10.00. The highest BCUT2D eigenvalue weighted by atomic mass is 32.2. The largest absolute Gasteiger partial charge is 0.390 e. The van der Waals surface area contributed by atoms with Crippen LogP contribution in [0.2, 0.25) is 0 Å². The van der Waals surface area contributed by atoms with E-state index in [9.17, 15) is 26.7 Å². The van der Waals surface area contributed by atoms with E-state index in [4.69, 9.17) is 0 Å². The summed E-state index contributed by atoms with van der Waals surface area (Å²) in [6.45, 7) is 1.22. The summed E-state index contributed by atoms with van der Waals surface area (Å²) in [5.74, 6) is -1.82. The molecule has 11 heteroatoms. The standard InChI is InChI=1S/C27H35N3O6S2/c1-20(19-37(33,34)29(2)3)27(32)28-25(16-21-10-6-5-7-11-21)26(31)18-30(4)38(35,36)24-15-14-22-12-8-9-13-23(22)17-24/h5-15,17,20,25-26,31H,16,18-19H2,1-4H3,(H,28,32)/t20-,25+,26-/m1/s1. The van der Waals surface area contributed by atoms with Crippen LogP contribution in [0.5, 0.6) is 0 Å². The molecule has 2 N–H and O–H groups in total. The van der Waals surface area contributed by atoms with E-state index in [2.05, 4.69) is 5.32 Å². The molecular weight excluding hydrogens is 526 g/mol. The van der Waals surface area contributed by atoms with Crippen molar-refractivity contribution >= 4 is 36.7 Å². The average molecular weight is 562 g/mol. The van der Waals surface area contributed by atoms with Gasteiger partial charge in [-0.2, -0.15) is 4.31 Å². The van der Waals surface area contributed by atoms with Gasteiger partial charge in [0.25, 0.3) is 0 Å². The molecule has 206 valence electrons. The van der Waals surface area contributed by atoms with Gasteiger partial charge in [-0.05, 0) is 34.9 Å². The lowest BCUT2D eigenvalue weighted by molar-refractivity contribution is -0.125. The van der Waals surface area contributed by atoms with Gasteiger partial charge < -0.3 is 10.4 Å². The van der Waals surface area contributed by atoms with Crippen LogP contribution in [0.3, 0.4) is 0 Å². The van der Waals surface area contributed by atoms with E-state index in [0.717, 1.165) is 24.9 Å². The van der Waals surface area contributed by atoms with E-state index in [1.165, 1.54) is 34.1 Å². The molecule has 0 radical (unpaired) electrons. The zero-order valence-corrected chi connectivity index (χ0v) is 23.6. The zero-order valence-electron chi connectivity index (χ0n) is 22.0. The Kier molecular flexibility index (Phi) is 9.66. The minimum atomic E-state index is -3.93. The number of carbonyl (C=O) groups is 1. The molecule has 0 aromatic heterocycles. The van der Waals surface area contributed by atoms with Gasteiger partial charge in [0.15, 0.2) is 0 Å². The molecule has 0 aliphatic rings. The van der Waals surface area contributed by atoms with Gasteiger partial charge in [0.2, 0.25) is 26.0 Å². The molecular formula is C27H35N3O6S2. The molecule has 0 spiro atoms. The van der Waals surface area contributed by atoms with E-state index >= 15 is 0 Å². The minimum absolute atomic E-state index is 0.0945. The van der Waals surface area contributed by atoms with Gasteiger partial charge in [0.05, 0.1) is 28.7 Å². The van der Waals surface area contributed by atoms with E-state index < -0.39 is 49.8 Å². The smallest absolute Gasteiger partial charge is 0.242 e. The molecule has 1 amide bonds. The summed E-state index contributed by atoms with van der Waals surface area (Å²) in [6.07, 6.45) is -1.04. The molecule has 0 aliphatic heterocycles. The van der Waals surface area contributed by atoms with Crippen molar-refractivity contribution in [3.05, 3.63) is 78.4 Å². The molecule has 0 bridgehead atoms. The van der Waals surface area contributed by atoms with Crippen LogP contribution in [0.1, 0.15) is 12.5 Å². The van der Waals surface area contributed by atoms with Crippen LogP contribution in [-0.2, 0) is 31.3 Å². The van der Waals surface area contributed by atoms with Crippen LogP contribution in [0.15, 0.2) is 77.7 Å². The van der Waals surface area contributed by atoms with Crippen LogP contribution in [-0.4, -0.2) is 82.0 Å². The molecule has 3 rings (SSSR count). The molecule has 0 saturated heterocycles. The number of benzene rings is 3. The Hall–Kier alpha value is -2.83. The Bertz CT molecular complexity index is 1460. The summed E-state index contributed by atoms with van der Waals surface area (Å²) in [7, 11) is -3.38. The van der Waals surface area contributed by atoms with Gasteiger partial charge in [0, 0.05) is 27.7 Å². The first-order valence-electron chi connectivity index (χ1n) is 12.2. The van der Waals surface area contributed by atoms with Crippen LogP contribution in [0.4, 0.5) is 0 Å². The Labute approximate surface area is 225 Å². The van der Waals surface area contributed by atoms with Crippen LogP contribution >= 0.6 is 0 Å². The maximum atomic E-state index is 13.3. The van der Waals surface area contributed by atoms with Gasteiger partial charge in [-0.1, -0.05) is 67.6 Å². The molecule has 3 aromatic rings. The maximum Gasteiger partial charge on any atom is 0.242 e. The number of nitrogens with one attached hydrogen (secondary N) is 1. The highest BCUT2D eigenvalue weighted by Gasteiger charge is 2.31. The molecule has 0 fully saturated rings. The van der Waals surface area contributed by atoms with Crippen molar-refractivity contribution in [2.24, 2.45) is 5.92 Å². The number of rotatable bonds is 12. The predicted molar refractivity (Wildman–Crippen MR) is 148 cm³/mol. The summed E-state index contributed by atoms with van der Waals surface area (Å²) >= 11 is 0. The van der Waals surface area contributed by atoms with E-state index in [0.29, 0.717) is 0 Å². The van der Waals surface area contributed by atoms with Crippen LogP contribution in [0.25, 0.3) is 10.8 Å². The van der Waals surface area contributed by atoms with Crippen molar-refractivity contribution in [3.63, 3.8) is 0 Å². The summed E-state index contributed by atoms with van der Waals surface area (Å²) in [5, 5.41) is 15.6. The van der Waals surface area contributed by atoms with Gasteiger partial charge >= 0.3 is 0 Å². The van der Waals surface area contributed by atoms with Crippen molar-refractivity contribution in [2.75, 3.05) is 33.4 Å². The Morgan fingerprint density at radius 2 is 1.50 bits per heavy atom. The van der Waals surface area contributed by atoms with Gasteiger partial charge in [0.1, 0.15) is 0 Å². The SMILES string of the molecule is C[C@H](CS(=O)(=O)N(C)C)C(=O)N[C@@H](Cc1ccccc1)[C@H](O)CN(C)S(=O)(=O)c1ccc2ccccc2c1. The van der Waals surface area contributed by atoms with E-state index in [-0.39, 0.29) is 17.9 Å². The van der Waals surface area contributed by atoms with Crippen molar-refractivity contribution in [2.45, 2.75) is 30.4 Å². The first kappa shape index (κ1) is 29.7. The number of aliphatic hydroxyl groups is 1. The van der Waals surface area contributed by atoms with Gasteiger partial charge in [-0.15, -0.1) is 0 Å². The second-order valence-electron chi connectivity index (χ2n) is 9.63. The summed E-state index contributed by atoms with van der Waals surface area (Å²) in [4.78, 5) is 13.0. The fourth-order valence-electron chi connectivity index (χ4n) is 4.01. The first-order chi connectivity index (χ1) is 17.8. The number of hydrogen-bond acceptors (Lipinski definition) is 6. The number of likely N-dealkylation sites (N-methyl/N-ethyl adjacent to an activating group) is 1. The Morgan fingerprint density at radius 3 is 2.13 bits per heavy atom. The van der Waals surface area contributed by atoms with Gasteiger partial charge in [-0.3, -0.25) is 4.79 Å². The number of hydrogen-bond donors (Lipinski definition) is 2. The fourth-order valence-corrected chi connectivity index (χ4v) is 6.32. The second kappa shape index (κ2) is 12.4. The highest BCUT2D eigenvalue weighted by Crippen LogP contribution is 2.22. The number of sulfonamides is 2. The summed E-state index contributed by atoms with van der Waals surface area (Å²) < 4.78 is 53.2. The topological polar surface area (TPSA) is 124 Å². The molecule has 0 unspecified atom stereocenters. The molecule has 3 aromatic carbocycles. The predicted octanol–water partition coefficient (Wildman–Crippen LogP) is 2.08. The second-order valence-corrected chi connectivity index (χ2v) is 13.9. The molecule has 3 atom stereocenters. The van der Waals surface area contributed by atoms with Crippen molar-refractivity contribution in [3.8, 4) is 0 Å². The molecule has 9 nitrogen and oxygen atoms in total. The minimum Gasteiger partial charge on any atom is -0.390 e. The first-order valence-corrected chi connectivity index (χ1v) is 15.2. The quantitative estimate of drug-likeness (QED) is 0.349. The monoisotopic (exact) mass is 561 g/mol. The fraction of sp³-hybridized carbons (Fsp3) is 0.370. The maximum absolute atomic E-state index is 13.3. The number of nitrogens with zero attached hydrogens (tertiary/aromatic N) is 2. The third kappa shape index (κ3) is 7.39. The third-order valence-electron chi connectivity index (χ3n) is 6.43. The molecule has 0 saturated carbocycles. The van der Waals surface area contributed by atoms with Crippen LogP contribution < -0.4 is 5.32 Å². The Morgan fingerprint density at radius 1 is 0.895 bits per heavy atom. The summed E-state index contributed by atoms with van der Waals surface area (Å²) in [6, 6.07) is 20.6. The summed E-state index contributed by atoms with van der Waals surface area (Å²) in [5.41, 5.74) is 0.824. The van der Waals surface area contributed by atoms with E-state index in [1.54, 1.807) is 12.1 Å². The normalized spacial score (nSPS) is 14.9. The Balaban J connectivity index is 1.79. The van der Waals surface area contributed by atoms with E-state index in [1.807, 2.05) is 54.6 Å². The number of aliphatic hydroxyl groups excluding tert-OH is 1. The number of fused-ring (bicyclic) bond motifs is 1. The van der Waals surface area contributed by atoms with Crippen molar-refractivity contribution < 1.29 is 26.7 Å². The van der Waals surface area contributed by atoms with Crippen LogP contribution in [0, 0.1) is 5.92 Å². The average Bonchev–Trinajstić information content (AvgIpc) is 2.88. The van der Waals surface area contributed by atoms with Crippen molar-refractivity contribution in [1.82, 2.24) is 13.9 Å². The lowest BCUT2D eigenvalue weighted by Gasteiger charge is -2.29. The number of amides is 1. The van der Waals surface area contributed by atoms with Crippen molar-refractivity contribution in [1.29, 1.82) is 0 Å². The highest BCUT2D eigenvalue weighted by molar-refractivity contribution is 7.89. The zero-order chi connectivity index (χ0) is 28.1. The molecule has 0 aliphatic carbocycles.